The summed E-state index contributed by atoms with van der Waals surface area (Å²) in [5.74, 6) is -3.80. The highest BCUT2D eigenvalue weighted by molar-refractivity contribution is 7.14. The molecule has 3 N–H and O–H groups in total. The van der Waals surface area contributed by atoms with E-state index in [1.165, 1.54) is 28.2 Å². The minimum atomic E-state index is -1.02. The Balaban J connectivity index is 1.47. The number of nitrogens with one attached hydrogen (secondary N) is 3. The molecule has 1 aliphatic rings. The van der Waals surface area contributed by atoms with Crippen molar-refractivity contribution in [1.29, 1.82) is 0 Å². The zero-order chi connectivity index (χ0) is 20.1. The van der Waals surface area contributed by atoms with Crippen LogP contribution in [0.3, 0.4) is 0 Å². The molecule has 9 heteroatoms. The number of hydrogen-bond donors (Lipinski definition) is 3. The molecule has 0 atom stereocenters. The first-order chi connectivity index (χ1) is 13.4. The summed E-state index contributed by atoms with van der Waals surface area (Å²) < 4.78 is 26.4. The van der Waals surface area contributed by atoms with Crippen molar-refractivity contribution >= 4 is 29.1 Å². The fourth-order valence-electron chi connectivity index (χ4n) is 2.94. The zero-order valence-corrected chi connectivity index (χ0v) is 15.8. The molecular formula is C19H19F2N3O3S. The Hall–Kier alpha value is -2.81. The van der Waals surface area contributed by atoms with Crippen LogP contribution in [0.15, 0.2) is 24.3 Å². The number of rotatable bonds is 4. The average Bonchev–Trinajstić information content (AvgIpc) is 2.95. The van der Waals surface area contributed by atoms with Crippen LogP contribution < -0.4 is 16.2 Å². The van der Waals surface area contributed by atoms with Crippen LogP contribution in [0.4, 0.5) is 8.78 Å². The van der Waals surface area contributed by atoms with Crippen molar-refractivity contribution in [2.45, 2.75) is 32.1 Å². The van der Waals surface area contributed by atoms with Gasteiger partial charge in [0.05, 0.1) is 17.0 Å². The molecule has 0 fully saturated rings. The smallest absolute Gasteiger partial charge is 0.279 e. The van der Waals surface area contributed by atoms with Gasteiger partial charge in [-0.25, -0.2) is 8.78 Å². The molecule has 148 valence electrons. The molecule has 1 heterocycles. The van der Waals surface area contributed by atoms with Gasteiger partial charge in [0.25, 0.3) is 17.7 Å². The number of halogens is 2. The summed E-state index contributed by atoms with van der Waals surface area (Å²) in [7, 11) is 0. The number of amides is 3. The Morgan fingerprint density at radius 1 is 0.964 bits per heavy atom. The number of aryl methyl sites for hydroxylation is 2. The van der Waals surface area contributed by atoms with Crippen LogP contribution in [0, 0.1) is 11.6 Å². The Kier molecular flexibility index (Phi) is 6.35. The summed E-state index contributed by atoms with van der Waals surface area (Å²) in [6.07, 6.45) is 5.32. The molecule has 0 saturated heterocycles. The largest absolute Gasteiger partial charge is 0.343 e. The van der Waals surface area contributed by atoms with Gasteiger partial charge in [-0.05, 0) is 49.4 Å². The molecule has 1 aliphatic carbocycles. The van der Waals surface area contributed by atoms with Gasteiger partial charge < -0.3 is 5.32 Å². The van der Waals surface area contributed by atoms with Crippen LogP contribution in [-0.4, -0.2) is 24.3 Å². The van der Waals surface area contributed by atoms with E-state index in [4.69, 9.17) is 0 Å². The maximum atomic E-state index is 13.5. The van der Waals surface area contributed by atoms with Crippen molar-refractivity contribution in [1.82, 2.24) is 16.2 Å². The van der Waals surface area contributed by atoms with Crippen molar-refractivity contribution in [2.24, 2.45) is 0 Å². The standard InChI is InChI=1S/C19H19F2N3O3S/c20-12-6-7-13(14(21)9-12)18(26)22-10-17(25)23-24-19(27)16-8-11-4-2-1-3-5-15(11)28-16/h6-9H,1-5,10H2,(H,22,26)(H,23,25)(H,24,27). The molecule has 0 radical (unpaired) electrons. The number of fused-ring (bicyclic) bond motifs is 1. The summed E-state index contributed by atoms with van der Waals surface area (Å²) in [5, 5.41) is 2.21. The topological polar surface area (TPSA) is 87.3 Å². The Morgan fingerprint density at radius 3 is 2.54 bits per heavy atom. The van der Waals surface area contributed by atoms with Crippen molar-refractivity contribution in [3.8, 4) is 0 Å². The fraction of sp³-hybridized carbons (Fsp3) is 0.316. The number of carbonyl (C=O) groups excluding carboxylic acids is 3. The molecule has 0 spiro atoms. The third kappa shape index (κ3) is 4.92. The lowest BCUT2D eigenvalue weighted by atomic mass is 10.1. The van der Waals surface area contributed by atoms with E-state index in [0.29, 0.717) is 10.9 Å². The molecule has 0 saturated carbocycles. The predicted octanol–water partition coefficient (Wildman–Crippen LogP) is 2.49. The Bertz CT molecular complexity index is 890. The van der Waals surface area contributed by atoms with Crippen molar-refractivity contribution in [2.75, 3.05) is 6.54 Å². The molecule has 2 aromatic rings. The Labute approximate surface area is 164 Å². The van der Waals surface area contributed by atoms with E-state index in [2.05, 4.69) is 16.2 Å². The van der Waals surface area contributed by atoms with Crippen molar-refractivity contribution < 1.29 is 23.2 Å². The van der Waals surface area contributed by atoms with Gasteiger partial charge in [0.15, 0.2) is 0 Å². The molecule has 1 aromatic heterocycles. The zero-order valence-electron chi connectivity index (χ0n) is 14.9. The van der Waals surface area contributed by atoms with Crippen LogP contribution >= 0.6 is 11.3 Å². The highest BCUT2D eigenvalue weighted by atomic mass is 32.1. The monoisotopic (exact) mass is 407 g/mol. The quantitative estimate of drug-likeness (QED) is 0.538. The molecule has 3 amide bonds. The van der Waals surface area contributed by atoms with Gasteiger partial charge in [-0.15, -0.1) is 11.3 Å². The summed E-state index contributed by atoms with van der Waals surface area (Å²) >= 11 is 1.42. The van der Waals surface area contributed by atoms with E-state index in [1.807, 2.05) is 6.07 Å². The molecule has 3 rings (SSSR count). The van der Waals surface area contributed by atoms with Crippen LogP contribution in [0.1, 0.15) is 49.7 Å². The van der Waals surface area contributed by atoms with E-state index in [1.54, 1.807) is 0 Å². The lowest BCUT2D eigenvalue weighted by Crippen LogP contribution is -2.46. The third-order valence-corrected chi connectivity index (χ3v) is 5.61. The predicted molar refractivity (Wildman–Crippen MR) is 99.9 cm³/mol. The molecule has 28 heavy (non-hydrogen) atoms. The van der Waals surface area contributed by atoms with Crippen LogP contribution in [0.5, 0.6) is 0 Å². The van der Waals surface area contributed by atoms with Gasteiger partial charge in [-0.1, -0.05) is 6.42 Å². The minimum absolute atomic E-state index is 0.377. The summed E-state index contributed by atoms with van der Waals surface area (Å²) in [4.78, 5) is 37.6. The van der Waals surface area contributed by atoms with Crippen molar-refractivity contribution in [3.63, 3.8) is 0 Å². The first-order valence-electron chi connectivity index (χ1n) is 8.88. The van der Waals surface area contributed by atoms with Crippen LogP contribution in [0.2, 0.25) is 0 Å². The minimum Gasteiger partial charge on any atom is -0.343 e. The SMILES string of the molecule is O=C(CNC(=O)c1ccc(F)cc1F)NNC(=O)c1cc2c(s1)CCCCC2. The van der Waals surface area contributed by atoms with Gasteiger partial charge in [0.1, 0.15) is 11.6 Å². The molecular weight excluding hydrogens is 388 g/mol. The summed E-state index contributed by atoms with van der Waals surface area (Å²) in [6, 6.07) is 4.37. The average molecular weight is 407 g/mol. The number of thiophene rings is 1. The maximum Gasteiger partial charge on any atom is 0.279 e. The van der Waals surface area contributed by atoms with Gasteiger partial charge >= 0.3 is 0 Å². The lowest BCUT2D eigenvalue weighted by Gasteiger charge is -2.08. The van der Waals surface area contributed by atoms with E-state index in [-0.39, 0.29) is 5.56 Å². The second-order valence-electron chi connectivity index (χ2n) is 6.43. The number of hydrazine groups is 1. The molecule has 1 aromatic carbocycles. The number of carbonyl (C=O) groups is 3. The van der Waals surface area contributed by atoms with Gasteiger partial charge in [-0.2, -0.15) is 0 Å². The maximum absolute atomic E-state index is 13.5. The number of hydrogen-bond acceptors (Lipinski definition) is 4. The number of benzene rings is 1. The normalized spacial score (nSPS) is 13.2. The first-order valence-corrected chi connectivity index (χ1v) is 9.69. The van der Waals surface area contributed by atoms with Crippen LogP contribution in [-0.2, 0) is 17.6 Å². The van der Waals surface area contributed by atoms with Crippen molar-refractivity contribution in [3.05, 3.63) is 56.8 Å². The highest BCUT2D eigenvalue weighted by Gasteiger charge is 2.17. The van der Waals surface area contributed by atoms with Gasteiger partial charge in [0.2, 0.25) is 0 Å². The lowest BCUT2D eigenvalue weighted by molar-refractivity contribution is -0.120. The summed E-state index contributed by atoms with van der Waals surface area (Å²) in [5.41, 5.74) is 5.32. The van der Waals surface area contributed by atoms with E-state index in [9.17, 15) is 23.2 Å². The summed E-state index contributed by atoms with van der Waals surface area (Å²) in [6.45, 7) is -0.475. The third-order valence-electron chi connectivity index (χ3n) is 4.37. The highest BCUT2D eigenvalue weighted by Crippen LogP contribution is 2.28. The molecule has 0 aliphatic heterocycles. The first kappa shape index (κ1) is 19.9. The molecule has 6 nitrogen and oxygen atoms in total. The molecule has 0 bridgehead atoms. The van der Waals surface area contributed by atoms with Gasteiger partial charge in [-0.3, -0.25) is 25.2 Å². The fourth-order valence-corrected chi connectivity index (χ4v) is 4.09. The second-order valence-corrected chi connectivity index (χ2v) is 7.57. The Morgan fingerprint density at radius 2 is 1.75 bits per heavy atom. The van der Waals surface area contributed by atoms with E-state index < -0.39 is 35.9 Å². The second kappa shape index (κ2) is 8.92. The molecule has 0 unspecified atom stereocenters. The van der Waals surface area contributed by atoms with Gasteiger partial charge in [0, 0.05) is 10.9 Å². The van der Waals surface area contributed by atoms with E-state index in [0.717, 1.165) is 37.8 Å². The van der Waals surface area contributed by atoms with Crippen LogP contribution in [0.25, 0.3) is 0 Å². The van der Waals surface area contributed by atoms with E-state index >= 15 is 0 Å².